The summed E-state index contributed by atoms with van der Waals surface area (Å²) in [6.45, 7) is 0. The maximum Gasteiger partial charge on any atom is 0.227 e. The number of fused-ring (bicyclic) bond motifs is 1. The second-order valence-electron chi connectivity index (χ2n) is 9.79. The van der Waals surface area contributed by atoms with E-state index in [-0.39, 0.29) is 24.8 Å². The van der Waals surface area contributed by atoms with Crippen molar-refractivity contribution in [3.8, 4) is 0 Å². The Morgan fingerprint density at radius 1 is 0.906 bits per heavy atom. The van der Waals surface area contributed by atoms with Gasteiger partial charge in [0.05, 0.1) is 6.33 Å². The predicted molar refractivity (Wildman–Crippen MR) is 136 cm³/mol. The number of rotatable bonds is 5. The van der Waals surface area contributed by atoms with E-state index in [9.17, 15) is 0 Å². The lowest BCUT2D eigenvalue weighted by molar-refractivity contribution is 0.409. The summed E-state index contributed by atoms with van der Waals surface area (Å²) in [5.74, 6) is 1.76. The largest absolute Gasteiger partial charge is 0.355 e. The minimum absolute atomic E-state index is 0. The van der Waals surface area contributed by atoms with Crippen molar-refractivity contribution in [2.24, 2.45) is 5.73 Å². The van der Waals surface area contributed by atoms with E-state index in [0.717, 1.165) is 48.6 Å². The number of imidazole rings is 1. The molecule has 5 rings (SSSR count). The van der Waals surface area contributed by atoms with Crippen LogP contribution in [0.3, 0.4) is 0 Å². The number of nitrogens with zero attached hydrogens (tertiary/aromatic N) is 5. The zero-order valence-corrected chi connectivity index (χ0v) is 20.8. The van der Waals surface area contributed by atoms with Gasteiger partial charge in [-0.15, -0.1) is 24.8 Å². The molecule has 0 aliphatic heterocycles. The van der Waals surface area contributed by atoms with Crippen molar-refractivity contribution in [1.82, 2.24) is 19.5 Å². The number of hydrogen-bond donors (Lipinski definition) is 2. The first-order valence-corrected chi connectivity index (χ1v) is 12.2. The van der Waals surface area contributed by atoms with E-state index in [1.807, 2.05) is 6.33 Å². The summed E-state index contributed by atoms with van der Waals surface area (Å²) in [5, 5.41) is 3.65. The van der Waals surface area contributed by atoms with Gasteiger partial charge in [-0.2, -0.15) is 9.97 Å². The lowest BCUT2D eigenvalue weighted by Gasteiger charge is -2.32. The van der Waals surface area contributed by atoms with Gasteiger partial charge in [-0.05, 0) is 51.4 Å². The molecule has 3 aliphatic rings. The standard InChI is InChI=1S/C23H37N7.2ClH/c1-29(18-7-3-2-4-8-18)21-20-22(30(15-25-20)19-9-5-6-10-19)28-23(27-21)26-17-13-11-16(24)12-14-17;;/h15-19H,2-14,24H2,1H3,(H,26,27,28);2*1H/t16-,17-;;. The highest BCUT2D eigenvalue weighted by Gasteiger charge is 2.27. The van der Waals surface area contributed by atoms with Crippen molar-refractivity contribution >= 4 is 47.7 Å². The summed E-state index contributed by atoms with van der Waals surface area (Å²) >= 11 is 0. The Bertz CT molecular complexity index is 853. The lowest BCUT2D eigenvalue weighted by Crippen LogP contribution is -2.35. The molecule has 0 atom stereocenters. The normalized spacial score (nSPS) is 24.7. The molecule has 2 heterocycles. The fourth-order valence-electron chi connectivity index (χ4n) is 5.75. The molecule has 0 aromatic carbocycles. The summed E-state index contributed by atoms with van der Waals surface area (Å²) in [7, 11) is 2.20. The average molecular weight is 485 g/mol. The Hall–Kier alpha value is -1.31. The summed E-state index contributed by atoms with van der Waals surface area (Å²) in [6, 6.07) is 1.84. The molecule has 0 bridgehead atoms. The van der Waals surface area contributed by atoms with Crippen LogP contribution in [0.15, 0.2) is 6.33 Å². The molecule has 0 radical (unpaired) electrons. The average Bonchev–Trinajstić information content (AvgIpc) is 3.45. The van der Waals surface area contributed by atoms with Gasteiger partial charge >= 0.3 is 0 Å². The topological polar surface area (TPSA) is 84.9 Å². The number of halogens is 2. The summed E-state index contributed by atoms with van der Waals surface area (Å²) in [6.07, 6.45) is 17.9. The minimum Gasteiger partial charge on any atom is -0.355 e. The van der Waals surface area contributed by atoms with Crippen molar-refractivity contribution in [1.29, 1.82) is 0 Å². The van der Waals surface area contributed by atoms with Crippen molar-refractivity contribution in [2.75, 3.05) is 17.3 Å². The van der Waals surface area contributed by atoms with Crippen LogP contribution >= 0.6 is 24.8 Å². The highest BCUT2D eigenvalue weighted by atomic mass is 35.5. The highest BCUT2D eigenvalue weighted by Crippen LogP contribution is 2.35. The number of hydrogen-bond acceptors (Lipinski definition) is 6. The molecular weight excluding hydrogens is 445 g/mol. The van der Waals surface area contributed by atoms with Crippen LogP contribution in [-0.2, 0) is 0 Å². The smallest absolute Gasteiger partial charge is 0.227 e. The molecule has 3 saturated carbocycles. The molecule has 180 valence electrons. The number of aromatic nitrogens is 4. The van der Waals surface area contributed by atoms with Gasteiger partial charge < -0.3 is 20.5 Å². The maximum atomic E-state index is 6.11. The van der Waals surface area contributed by atoms with E-state index in [1.165, 1.54) is 57.8 Å². The molecule has 3 N–H and O–H groups in total. The van der Waals surface area contributed by atoms with Gasteiger partial charge in [0.1, 0.15) is 0 Å². The highest BCUT2D eigenvalue weighted by molar-refractivity contribution is 5.86. The number of nitrogens with one attached hydrogen (secondary N) is 1. The predicted octanol–water partition coefficient (Wildman–Crippen LogP) is 5.24. The van der Waals surface area contributed by atoms with Gasteiger partial charge in [0.2, 0.25) is 5.95 Å². The number of anilines is 2. The second kappa shape index (κ2) is 11.2. The zero-order chi connectivity index (χ0) is 20.5. The number of nitrogens with two attached hydrogens (primary N) is 1. The van der Waals surface area contributed by atoms with Crippen LogP contribution in [0.5, 0.6) is 0 Å². The van der Waals surface area contributed by atoms with Gasteiger partial charge in [0, 0.05) is 31.2 Å². The van der Waals surface area contributed by atoms with Crippen LogP contribution in [0, 0.1) is 0 Å². The molecule has 3 aliphatic carbocycles. The van der Waals surface area contributed by atoms with Crippen LogP contribution in [0.2, 0.25) is 0 Å². The third-order valence-electron chi connectivity index (χ3n) is 7.68. The third-order valence-corrected chi connectivity index (χ3v) is 7.68. The Morgan fingerprint density at radius 3 is 2.25 bits per heavy atom. The van der Waals surface area contributed by atoms with E-state index in [4.69, 9.17) is 20.7 Å². The minimum atomic E-state index is 0. The van der Waals surface area contributed by atoms with Crippen LogP contribution in [0.25, 0.3) is 11.2 Å². The maximum absolute atomic E-state index is 6.11. The Morgan fingerprint density at radius 2 is 1.56 bits per heavy atom. The molecule has 0 amide bonds. The van der Waals surface area contributed by atoms with Crippen LogP contribution in [0.4, 0.5) is 11.8 Å². The van der Waals surface area contributed by atoms with Gasteiger partial charge in [0.15, 0.2) is 17.0 Å². The molecule has 7 nitrogen and oxygen atoms in total. The Balaban J connectivity index is 0.00000144. The zero-order valence-electron chi connectivity index (χ0n) is 19.2. The van der Waals surface area contributed by atoms with E-state index >= 15 is 0 Å². The fraction of sp³-hybridized carbons (Fsp3) is 0.783. The van der Waals surface area contributed by atoms with E-state index in [2.05, 4.69) is 21.8 Å². The summed E-state index contributed by atoms with van der Waals surface area (Å²) in [5.41, 5.74) is 8.08. The first-order valence-electron chi connectivity index (χ1n) is 12.2. The molecule has 2 aromatic rings. The molecule has 0 spiro atoms. The molecule has 3 fully saturated rings. The summed E-state index contributed by atoms with van der Waals surface area (Å²) < 4.78 is 2.32. The Kier molecular flexibility index (Phi) is 8.87. The molecule has 32 heavy (non-hydrogen) atoms. The van der Waals surface area contributed by atoms with Crippen LogP contribution in [-0.4, -0.2) is 44.7 Å². The first kappa shape index (κ1) is 25.3. The SMILES string of the molecule is CN(c1nc(N[C@H]2CC[C@H](N)CC2)nc2c1ncn2C1CCCC1)C1CCCCC1.Cl.Cl. The van der Waals surface area contributed by atoms with E-state index < -0.39 is 0 Å². The first-order chi connectivity index (χ1) is 14.7. The molecule has 0 unspecified atom stereocenters. The summed E-state index contributed by atoms with van der Waals surface area (Å²) in [4.78, 5) is 17.2. The van der Waals surface area contributed by atoms with Gasteiger partial charge in [0.25, 0.3) is 0 Å². The fourth-order valence-corrected chi connectivity index (χ4v) is 5.75. The van der Waals surface area contributed by atoms with Crippen molar-refractivity contribution in [3.63, 3.8) is 0 Å². The van der Waals surface area contributed by atoms with Crippen molar-refractivity contribution in [2.45, 2.75) is 108 Å². The van der Waals surface area contributed by atoms with E-state index in [0.29, 0.717) is 24.2 Å². The third kappa shape index (κ3) is 5.26. The molecular formula is C23H39Cl2N7. The quantitative estimate of drug-likeness (QED) is 0.604. The van der Waals surface area contributed by atoms with Crippen molar-refractivity contribution in [3.05, 3.63) is 6.33 Å². The van der Waals surface area contributed by atoms with Crippen molar-refractivity contribution < 1.29 is 0 Å². The Labute approximate surface area is 204 Å². The van der Waals surface area contributed by atoms with Gasteiger partial charge in [-0.3, -0.25) is 0 Å². The van der Waals surface area contributed by atoms with E-state index in [1.54, 1.807) is 0 Å². The van der Waals surface area contributed by atoms with Crippen LogP contribution < -0.4 is 16.0 Å². The van der Waals surface area contributed by atoms with Gasteiger partial charge in [-0.25, -0.2) is 4.98 Å². The monoisotopic (exact) mass is 483 g/mol. The van der Waals surface area contributed by atoms with Crippen LogP contribution in [0.1, 0.15) is 89.5 Å². The lowest BCUT2D eigenvalue weighted by atomic mass is 9.92. The molecule has 0 saturated heterocycles. The van der Waals surface area contributed by atoms with Gasteiger partial charge in [-0.1, -0.05) is 32.1 Å². The second-order valence-corrected chi connectivity index (χ2v) is 9.79. The molecule has 2 aromatic heterocycles. The molecule has 9 heteroatoms.